The van der Waals surface area contributed by atoms with Crippen LogP contribution in [-0.4, -0.2) is 53.9 Å². The summed E-state index contributed by atoms with van der Waals surface area (Å²) in [6, 6.07) is 6.18. The monoisotopic (exact) mass is 468 g/mol. The topological polar surface area (TPSA) is 126 Å². The van der Waals surface area contributed by atoms with Crippen molar-refractivity contribution in [3.8, 4) is 0 Å². The first kappa shape index (κ1) is 23.9. The highest BCUT2D eigenvalue weighted by Crippen LogP contribution is 2.37. The zero-order chi connectivity index (χ0) is 24.3. The molecule has 3 N–H and O–H groups in total. The molecule has 9 nitrogen and oxygen atoms in total. The number of hydrogen-bond acceptors (Lipinski definition) is 6. The molecule has 1 saturated heterocycles. The van der Waals surface area contributed by atoms with E-state index in [1.807, 2.05) is 18.5 Å². The van der Waals surface area contributed by atoms with Gasteiger partial charge in [-0.15, -0.1) is 0 Å². The van der Waals surface area contributed by atoms with Crippen molar-refractivity contribution in [2.24, 2.45) is 17.1 Å². The van der Waals surface area contributed by atoms with E-state index in [-0.39, 0.29) is 35.0 Å². The Morgan fingerprint density at radius 3 is 2.74 bits per heavy atom. The summed E-state index contributed by atoms with van der Waals surface area (Å²) < 4.78 is 13.0. The molecular formula is C25H32N4O5. The summed E-state index contributed by atoms with van der Waals surface area (Å²) in [5, 5.41) is 7.89. The molecule has 1 spiro atoms. The summed E-state index contributed by atoms with van der Waals surface area (Å²) in [4.78, 5) is 36.8. The number of carbonyl (C=O) groups is 3. The first-order valence-corrected chi connectivity index (χ1v) is 11.8. The second kappa shape index (κ2) is 9.97. The predicted octanol–water partition coefficient (Wildman–Crippen LogP) is 2.12. The highest BCUT2D eigenvalue weighted by atomic mass is 16.5. The molecule has 9 heteroatoms. The number of aryl methyl sites for hydroxylation is 1. The van der Waals surface area contributed by atoms with Gasteiger partial charge in [0.05, 0.1) is 29.1 Å². The molecule has 1 aromatic heterocycles. The quantitative estimate of drug-likeness (QED) is 0.600. The number of nitrogens with two attached hydrogens (primary N) is 1. The van der Waals surface area contributed by atoms with Crippen LogP contribution < -0.4 is 11.1 Å². The number of nitrogens with zero attached hydrogens (tertiary/aromatic N) is 2. The van der Waals surface area contributed by atoms with Crippen molar-refractivity contribution in [2.45, 2.75) is 46.1 Å². The second-order valence-electron chi connectivity index (χ2n) is 9.42. The van der Waals surface area contributed by atoms with Crippen molar-refractivity contribution in [3.05, 3.63) is 52.3 Å². The summed E-state index contributed by atoms with van der Waals surface area (Å²) in [5.41, 5.74) is 8.26. The van der Waals surface area contributed by atoms with Gasteiger partial charge in [0, 0.05) is 37.8 Å². The Bertz CT molecular complexity index is 1090. The van der Waals surface area contributed by atoms with E-state index < -0.39 is 11.9 Å². The zero-order valence-corrected chi connectivity index (χ0v) is 19.8. The number of aromatic nitrogens is 2. The number of ether oxygens (including phenoxy) is 2. The lowest BCUT2D eigenvalue weighted by atomic mass is 9.76. The molecule has 0 bridgehead atoms. The van der Waals surface area contributed by atoms with Crippen LogP contribution in [0.5, 0.6) is 0 Å². The molecule has 1 fully saturated rings. The van der Waals surface area contributed by atoms with E-state index >= 15 is 0 Å². The van der Waals surface area contributed by atoms with Crippen LogP contribution in [0.25, 0.3) is 0 Å². The summed E-state index contributed by atoms with van der Waals surface area (Å²) in [6.07, 6.45) is 3.23. The van der Waals surface area contributed by atoms with E-state index in [1.165, 1.54) is 6.07 Å². The van der Waals surface area contributed by atoms with Gasteiger partial charge >= 0.3 is 5.97 Å². The third kappa shape index (κ3) is 4.99. The van der Waals surface area contributed by atoms with E-state index in [1.54, 1.807) is 18.2 Å². The van der Waals surface area contributed by atoms with Crippen molar-refractivity contribution in [2.75, 3.05) is 26.4 Å². The van der Waals surface area contributed by atoms with E-state index in [4.69, 9.17) is 20.3 Å². The van der Waals surface area contributed by atoms with Gasteiger partial charge in [-0.05, 0) is 49.3 Å². The van der Waals surface area contributed by atoms with Gasteiger partial charge in [-0.1, -0.05) is 19.9 Å². The number of benzene rings is 1. The SMILES string of the molecule is CCc1nn(CC(C)COC(=O)c2cccc(C(N)=O)c2)c2c1C(=O)NCC1(CCOCC1)C2. The Morgan fingerprint density at radius 2 is 2.03 bits per heavy atom. The van der Waals surface area contributed by atoms with Gasteiger partial charge in [0.2, 0.25) is 5.91 Å². The maximum absolute atomic E-state index is 13.0. The van der Waals surface area contributed by atoms with Crippen molar-refractivity contribution >= 4 is 17.8 Å². The minimum atomic E-state index is -0.597. The molecule has 1 atom stereocenters. The van der Waals surface area contributed by atoms with Gasteiger partial charge < -0.3 is 20.5 Å². The largest absolute Gasteiger partial charge is 0.462 e. The van der Waals surface area contributed by atoms with E-state index in [0.29, 0.717) is 38.3 Å². The highest BCUT2D eigenvalue weighted by molar-refractivity contribution is 5.97. The van der Waals surface area contributed by atoms with Crippen molar-refractivity contribution in [3.63, 3.8) is 0 Å². The molecule has 3 heterocycles. The van der Waals surface area contributed by atoms with Crippen molar-refractivity contribution in [1.82, 2.24) is 15.1 Å². The number of amides is 2. The lowest BCUT2D eigenvalue weighted by Crippen LogP contribution is -2.41. The molecule has 0 aliphatic carbocycles. The van der Waals surface area contributed by atoms with Gasteiger partial charge in [0.1, 0.15) is 0 Å². The van der Waals surface area contributed by atoms with Gasteiger partial charge in [-0.2, -0.15) is 5.10 Å². The van der Waals surface area contributed by atoms with Crippen LogP contribution in [0, 0.1) is 11.3 Å². The molecule has 1 aromatic carbocycles. The molecule has 34 heavy (non-hydrogen) atoms. The van der Waals surface area contributed by atoms with Crippen LogP contribution in [0.15, 0.2) is 24.3 Å². The zero-order valence-electron chi connectivity index (χ0n) is 19.8. The Balaban J connectivity index is 1.48. The maximum Gasteiger partial charge on any atom is 0.338 e. The lowest BCUT2D eigenvalue weighted by Gasteiger charge is -2.36. The first-order chi connectivity index (χ1) is 16.3. The van der Waals surface area contributed by atoms with E-state index in [0.717, 1.165) is 30.7 Å². The predicted molar refractivity (Wildman–Crippen MR) is 125 cm³/mol. The molecule has 0 radical (unpaired) electrons. The second-order valence-corrected chi connectivity index (χ2v) is 9.42. The normalized spacial score (nSPS) is 18.0. The van der Waals surface area contributed by atoms with Crippen LogP contribution in [0.1, 0.15) is 69.2 Å². The van der Waals surface area contributed by atoms with Crippen LogP contribution in [0.2, 0.25) is 0 Å². The average Bonchev–Trinajstić information content (AvgIpc) is 3.11. The molecular weight excluding hydrogens is 436 g/mol. The molecule has 1 unspecified atom stereocenters. The molecule has 2 aliphatic rings. The Morgan fingerprint density at radius 1 is 1.29 bits per heavy atom. The number of nitrogens with one attached hydrogen (secondary N) is 1. The Hall–Kier alpha value is -3.20. The summed E-state index contributed by atoms with van der Waals surface area (Å²) in [7, 11) is 0. The van der Waals surface area contributed by atoms with Crippen LogP contribution >= 0.6 is 0 Å². The van der Waals surface area contributed by atoms with Crippen LogP contribution in [-0.2, 0) is 28.9 Å². The van der Waals surface area contributed by atoms with Gasteiger partial charge in [0.25, 0.3) is 5.91 Å². The van der Waals surface area contributed by atoms with Crippen LogP contribution in [0.3, 0.4) is 0 Å². The van der Waals surface area contributed by atoms with Gasteiger partial charge in [0.15, 0.2) is 0 Å². The average molecular weight is 469 g/mol. The smallest absolute Gasteiger partial charge is 0.338 e. The molecule has 182 valence electrons. The molecule has 2 aliphatic heterocycles. The molecule has 2 aromatic rings. The molecule has 4 rings (SSSR count). The number of rotatable bonds is 7. The number of hydrogen-bond donors (Lipinski definition) is 2. The third-order valence-corrected chi connectivity index (χ3v) is 6.78. The Labute approximate surface area is 199 Å². The van der Waals surface area contributed by atoms with Crippen LogP contribution in [0.4, 0.5) is 0 Å². The maximum atomic E-state index is 13.0. The van der Waals surface area contributed by atoms with Gasteiger partial charge in [-0.25, -0.2) is 4.79 Å². The third-order valence-electron chi connectivity index (χ3n) is 6.78. The van der Waals surface area contributed by atoms with E-state index in [2.05, 4.69) is 5.32 Å². The minimum Gasteiger partial charge on any atom is -0.462 e. The fourth-order valence-electron chi connectivity index (χ4n) is 4.77. The number of primary amides is 1. The van der Waals surface area contributed by atoms with Crippen molar-refractivity contribution < 1.29 is 23.9 Å². The molecule has 2 amide bonds. The summed E-state index contributed by atoms with van der Waals surface area (Å²) >= 11 is 0. The molecule has 0 saturated carbocycles. The Kier molecular flexibility index (Phi) is 7.02. The number of fused-ring (bicyclic) bond motifs is 1. The minimum absolute atomic E-state index is 0.0247. The number of carbonyl (C=O) groups excluding carboxylic acids is 3. The first-order valence-electron chi connectivity index (χ1n) is 11.8. The fourth-order valence-corrected chi connectivity index (χ4v) is 4.77. The van der Waals surface area contributed by atoms with Crippen molar-refractivity contribution in [1.29, 1.82) is 0 Å². The summed E-state index contributed by atoms with van der Waals surface area (Å²) in [5.74, 6) is -1.20. The van der Waals surface area contributed by atoms with Gasteiger partial charge in [-0.3, -0.25) is 14.3 Å². The highest BCUT2D eigenvalue weighted by Gasteiger charge is 2.39. The lowest BCUT2D eigenvalue weighted by molar-refractivity contribution is 0.0151. The fraction of sp³-hybridized carbons (Fsp3) is 0.520. The summed E-state index contributed by atoms with van der Waals surface area (Å²) in [6.45, 7) is 6.73. The van der Waals surface area contributed by atoms with E-state index in [9.17, 15) is 14.4 Å². The number of esters is 1. The standard InChI is InChI=1S/C25H32N4O5/c1-3-19-21-20(12-25(15-27-23(21)31)7-9-33-10-8-25)29(28-19)13-16(2)14-34-24(32)18-6-4-5-17(11-18)22(26)30/h4-6,11,16H,3,7-10,12-15H2,1-2H3,(H2,26,30)(H,27,31).